The van der Waals surface area contributed by atoms with Crippen LogP contribution >= 0.6 is 11.8 Å². The van der Waals surface area contributed by atoms with E-state index in [9.17, 15) is 4.79 Å². The summed E-state index contributed by atoms with van der Waals surface area (Å²) in [6.45, 7) is 6.31. The molecule has 0 aliphatic carbocycles. The molecule has 156 valence electrons. The van der Waals surface area contributed by atoms with Crippen LogP contribution in [0.1, 0.15) is 49.3 Å². The van der Waals surface area contributed by atoms with Crippen LogP contribution in [0.5, 0.6) is 0 Å². The fourth-order valence-electron chi connectivity index (χ4n) is 3.58. The molecule has 1 amide bonds. The molecule has 0 saturated carbocycles. The molecule has 0 spiro atoms. The first-order chi connectivity index (χ1) is 14.6. The van der Waals surface area contributed by atoms with Gasteiger partial charge in [-0.25, -0.2) is 4.68 Å². The predicted molar refractivity (Wildman–Crippen MR) is 121 cm³/mol. The van der Waals surface area contributed by atoms with Gasteiger partial charge in [0.2, 0.25) is 11.1 Å². The number of hydrogen-bond donors (Lipinski definition) is 2. The number of benzene rings is 2. The van der Waals surface area contributed by atoms with Gasteiger partial charge < -0.3 is 10.7 Å². The molecule has 2 aromatic carbocycles. The van der Waals surface area contributed by atoms with Gasteiger partial charge in [-0.2, -0.15) is 0 Å². The number of thioether (sulfide) groups is 1. The highest BCUT2D eigenvalue weighted by Gasteiger charge is 2.37. The van der Waals surface area contributed by atoms with Crippen molar-refractivity contribution in [3.05, 3.63) is 71.0 Å². The fourth-order valence-corrected chi connectivity index (χ4v) is 4.67. The lowest BCUT2D eigenvalue weighted by Gasteiger charge is -2.33. The van der Waals surface area contributed by atoms with E-state index in [4.69, 9.17) is 0 Å². The van der Waals surface area contributed by atoms with Gasteiger partial charge in [-0.1, -0.05) is 68.9 Å². The number of carbonyl (C=O) groups is 1. The molecule has 1 aliphatic heterocycles. The topological polar surface area (TPSA) is 71.8 Å². The Kier molecular flexibility index (Phi) is 6.08. The number of nitrogens with zero attached hydrogens (tertiary/aromatic N) is 3. The molecule has 1 aromatic heterocycles. The predicted octanol–water partition coefficient (Wildman–Crippen LogP) is 4.36. The number of hydrogen-bond acceptors (Lipinski definition) is 5. The van der Waals surface area contributed by atoms with Crippen LogP contribution in [-0.4, -0.2) is 26.0 Å². The number of carbonyl (C=O) groups excluding carboxylic acids is 1. The molecule has 6 nitrogen and oxygen atoms in total. The average Bonchev–Trinajstić information content (AvgIpc) is 3.21. The van der Waals surface area contributed by atoms with Crippen molar-refractivity contribution in [3.8, 4) is 0 Å². The fraction of sp³-hybridized carbons (Fsp3) is 0.348. The summed E-state index contributed by atoms with van der Waals surface area (Å²) in [6.07, 6.45) is 2.73. The summed E-state index contributed by atoms with van der Waals surface area (Å²) in [7, 11) is 0. The highest BCUT2D eigenvalue weighted by Crippen LogP contribution is 2.37. The van der Waals surface area contributed by atoms with E-state index in [0.29, 0.717) is 0 Å². The summed E-state index contributed by atoms with van der Waals surface area (Å²) in [5.41, 5.74) is 7.89. The smallest absolute Gasteiger partial charge is 0.240 e. The van der Waals surface area contributed by atoms with Crippen LogP contribution in [0.15, 0.2) is 53.7 Å². The van der Waals surface area contributed by atoms with Crippen molar-refractivity contribution in [2.75, 3.05) is 10.7 Å². The van der Waals surface area contributed by atoms with Crippen molar-refractivity contribution in [2.45, 2.75) is 56.5 Å². The van der Waals surface area contributed by atoms with Crippen molar-refractivity contribution in [3.63, 3.8) is 0 Å². The molecule has 0 bridgehead atoms. The summed E-state index contributed by atoms with van der Waals surface area (Å²) in [4.78, 5) is 13.3. The highest BCUT2D eigenvalue weighted by molar-refractivity contribution is 8.00. The van der Waals surface area contributed by atoms with Crippen LogP contribution in [-0.2, 0) is 24.1 Å². The number of amides is 1. The molecule has 2 heterocycles. The van der Waals surface area contributed by atoms with Crippen LogP contribution in [0.4, 0.5) is 5.69 Å². The molecule has 0 saturated heterocycles. The number of fused-ring (bicyclic) bond motifs is 1. The summed E-state index contributed by atoms with van der Waals surface area (Å²) in [5.74, 6) is 0.815. The largest absolute Gasteiger partial charge is 0.325 e. The molecule has 7 heteroatoms. The molecule has 0 radical (unpaired) electrons. The SMILES string of the molecule is CCc1ccc(NC(=O)[C@@H]2Sc3nnc(CC)n3N[C@@H]2c2ccc(CC)cc2)cc1. The Hall–Kier alpha value is -2.80. The average molecular weight is 422 g/mol. The van der Waals surface area contributed by atoms with Crippen LogP contribution in [0.3, 0.4) is 0 Å². The van der Waals surface area contributed by atoms with E-state index in [1.165, 1.54) is 22.9 Å². The Morgan fingerprint density at radius 1 is 0.967 bits per heavy atom. The van der Waals surface area contributed by atoms with Gasteiger partial charge in [-0.3, -0.25) is 4.79 Å². The lowest BCUT2D eigenvalue weighted by molar-refractivity contribution is -0.116. The maximum Gasteiger partial charge on any atom is 0.240 e. The molecular weight excluding hydrogens is 394 g/mol. The molecule has 1 aliphatic rings. The second-order valence-electron chi connectivity index (χ2n) is 7.37. The Morgan fingerprint density at radius 3 is 2.20 bits per heavy atom. The summed E-state index contributed by atoms with van der Waals surface area (Å²) < 4.78 is 1.92. The van der Waals surface area contributed by atoms with Crippen molar-refractivity contribution < 1.29 is 4.79 Å². The standard InChI is InChI=1S/C23H27N5OS/c1-4-15-7-11-17(12-8-15)20-21(30-23-26-25-19(6-3)28(23)27-20)22(29)24-18-13-9-16(5-2)10-14-18/h7-14,20-21,27H,4-6H2,1-3H3,(H,24,29)/t20-,21-/m1/s1. The quantitative estimate of drug-likeness (QED) is 0.619. The van der Waals surface area contributed by atoms with E-state index >= 15 is 0 Å². The third kappa shape index (κ3) is 4.07. The number of nitrogens with one attached hydrogen (secondary N) is 2. The maximum absolute atomic E-state index is 13.3. The first-order valence-corrected chi connectivity index (χ1v) is 11.4. The van der Waals surface area contributed by atoms with E-state index < -0.39 is 0 Å². The first-order valence-electron chi connectivity index (χ1n) is 10.5. The minimum Gasteiger partial charge on any atom is -0.325 e. The first kappa shape index (κ1) is 20.5. The van der Waals surface area contributed by atoms with Gasteiger partial charge in [0.15, 0.2) is 5.82 Å². The van der Waals surface area contributed by atoms with E-state index in [2.05, 4.69) is 59.1 Å². The number of aromatic nitrogens is 3. The van der Waals surface area contributed by atoms with Crippen molar-refractivity contribution in [1.29, 1.82) is 0 Å². The highest BCUT2D eigenvalue weighted by atomic mass is 32.2. The van der Waals surface area contributed by atoms with E-state index in [-0.39, 0.29) is 17.2 Å². The maximum atomic E-state index is 13.3. The third-order valence-electron chi connectivity index (χ3n) is 5.46. The van der Waals surface area contributed by atoms with Crippen LogP contribution < -0.4 is 10.7 Å². The zero-order valence-electron chi connectivity index (χ0n) is 17.6. The molecule has 0 fully saturated rings. The van der Waals surface area contributed by atoms with Crippen molar-refractivity contribution in [2.24, 2.45) is 0 Å². The minimum absolute atomic E-state index is 0.0476. The summed E-state index contributed by atoms with van der Waals surface area (Å²) in [5, 5.41) is 12.0. The molecule has 0 unspecified atom stereocenters. The number of anilines is 1. The van der Waals surface area contributed by atoms with Gasteiger partial charge in [0.1, 0.15) is 5.25 Å². The minimum atomic E-state index is -0.371. The Bertz CT molecular complexity index is 1010. The second-order valence-corrected chi connectivity index (χ2v) is 8.48. The molecule has 4 rings (SSSR count). The summed E-state index contributed by atoms with van der Waals surface area (Å²) in [6, 6.07) is 16.3. The van der Waals surface area contributed by atoms with Gasteiger partial charge in [0.25, 0.3) is 0 Å². The second kappa shape index (κ2) is 8.92. The normalized spacial score (nSPS) is 17.8. The Balaban J connectivity index is 1.63. The van der Waals surface area contributed by atoms with Gasteiger partial charge in [-0.05, 0) is 41.7 Å². The van der Waals surface area contributed by atoms with E-state index in [1.54, 1.807) is 0 Å². The van der Waals surface area contributed by atoms with Crippen molar-refractivity contribution in [1.82, 2.24) is 14.9 Å². The molecule has 2 N–H and O–H groups in total. The van der Waals surface area contributed by atoms with Crippen LogP contribution in [0.25, 0.3) is 0 Å². The molecule has 30 heavy (non-hydrogen) atoms. The van der Waals surface area contributed by atoms with Gasteiger partial charge in [-0.15, -0.1) is 10.2 Å². The van der Waals surface area contributed by atoms with Crippen LogP contribution in [0, 0.1) is 0 Å². The molecule has 3 aromatic rings. The lowest BCUT2D eigenvalue weighted by Crippen LogP contribution is -2.41. The van der Waals surface area contributed by atoms with Crippen LogP contribution in [0.2, 0.25) is 0 Å². The van der Waals surface area contributed by atoms with E-state index in [0.717, 1.165) is 41.5 Å². The molecular formula is C23H27N5OS. The third-order valence-corrected chi connectivity index (χ3v) is 6.67. The monoisotopic (exact) mass is 421 g/mol. The van der Waals surface area contributed by atoms with Crippen molar-refractivity contribution >= 4 is 23.4 Å². The van der Waals surface area contributed by atoms with Gasteiger partial charge in [0, 0.05) is 12.1 Å². The Labute approximate surface area is 181 Å². The van der Waals surface area contributed by atoms with Gasteiger partial charge >= 0.3 is 0 Å². The molecule has 2 atom stereocenters. The summed E-state index contributed by atoms with van der Waals surface area (Å²) >= 11 is 1.46. The zero-order valence-corrected chi connectivity index (χ0v) is 18.4. The van der Waals surface area contributed by atoms with E-state index in [1.807, 2.05) is 35.9 Å². The van der Waals surface area contributed by atoms with Gasteiger partial charge in [0.05, 0.1) is 6.04 Å². The number of rotatable bonds is 6. The zero-order chi connectivity index (χ0) is 21.1. The Morgan fingerprint density at radius 2 is 1.60 bits per heavy atom. The number of aryl methyl sites for hydroxylation is 3. The lowest BCUT2D eigenvalue weighted by atomic mass is 10.0.